The Labute approximate surface area is 208 Å². The Morgan fingerprint density at radius 1 is 1.09 bits per heavy atom. The smallest absolute Gasteiger partial charge is 0.248 e. The molecule has 0 atom stereocenters. The average molecular weight is 490 g/mol. The molecule has 1 heterocycles. The highest BCUT2D eigenvalue weighted by molar-refractivity contribution is 6.31. The molecule has 0 spiro atoms. The molecule has 2 N–H and O–H groups in total. The van der Waals surface area contributed by atoms with Crippen molar-refractivity contribution in [1.29, 1.82) is 0 Å². The van der Waals surface area contributed by atoms with Gasteiger partial charge in [-0.25, -0.2) is 14.4 Å². The number of rotatable bonds is 7. The second-order valence-electron chi connectivity index (χ2n) is 8.35. The lowest BCUT2D eigenvalue weighted by Gasteiger charge is -2.17. The van der Waals surface area contributed by atoms with Crippen LogP contribution < -0.4 is 10.6 Å². The number of anilines is 3. The van der Waals surface area contributed by atoms with E-state index in [1.165, 1.54) is 18.5 Å². The minimum Gasteiger partial charge on any atom is -0.337 e. The maximum absolute atomic E-state index is 14.7. The van der Waals surface area contributed by atoms with Gasteiger partial charge in [0.25, 0.3) is 0 Å². The number of halogens is 2. The van der Waals surface area contributed by atoms with Crippen molar-refractivity contribution in [2.45, 2.75) is 6.92 Å². The normalized spacial score (nSPS) is 11.4. The predicted molar refractivity (Wildman–Crippen MR) is 141 cm³/mol. The summed E-state index contributed by atoms with van der Waals surface area (Å²) in [6, 6.07) is 16.2. The number of aromatic nitrogens is 2. The zero-order chi connectivity index (χ0) is 24.9. The van der Waals surface area contributed by atoms with Crippen molar-refractivity contribution in [1.82, 2.24) is 14.9 Å². The number of hydrogen-bond donors (Lipinski definition) is 2. The van der Waals surface area contributed by atoms with Crippen molar-refractivity contribution in [3.63, 3.8) is 0 Å². The maximum Gasteiger partial charge on any atom is 0.248 e. The zero-order valence-electron chi connectivity index (χ0n) is 19.6. The Morgan fingerprint density at radius 3 is 2.66 bits per heavy atom. The lowest BCUT2D eigenvalue weighted by atomic mass is 9.97. The zero-order valence-corrected chi connectivity index (χ0v) is 20.4. The number of carbonyl (C=O) groups is 1. The third kappa shape index (κ3) is 5.65. The summed E-state index contributed by atoms with van der Waals surface area (Å²) in [5.41, 5.74) is 4.07. The first-order valence-electron chi connectivity index (χ1n) is 11.0. The van der Waals surface area contributed by atoms with Crippen LogP contribution in [0.2, 0.25) is 5.02 Å². The highest BCUT2D eigenvalue weighted by Crippen LogP contribution is 2.39. The van der Waals surface area contributed by atoms with Crippen molar-refractivity contribution >= 4 is 45.6 Å². The van der Waals surface area contributed by atoms with Gasteiger partial charge >= 0.3 is 0 Å². The van der Waals surface area contributed by atoms with Crippen LogP contribution in [0.5, 0.6) is 0 Å². The van der Waals surface area contributed by atoms with Gasteiger partial charge in [0.15, 0.2) is 5.82 Å². The van der Waals surface area contributed by atoms with Gasteiger partial charge in [-0.2, -0.15) is 0 Å². The molecule has 35 heavy (non-hydrogen) atoms. The molecule has 0 saturated carbocycles. The Bertz CT molecular complexity index is 1420. The van der Waals surface area contributed by atoms with Gasteiger partial charge in [0, 0.05) is 23.9 Å². The van der Waals surface area contributed by atoms with E-state index in [9.17, 15) is 9.18 Å². The third-order valence-corrected chi connectivity index (χ3v) is 5.60. The van der Waals surface area contributed by atoms with E-state index < -0.39 is 5.82 Å². The van der Waals surface area contributed by atoms with E-state index in [1.54, 1.807) is 24.3 Å². The van der Waals surface area contributed by atoms with Crippen LogP contribution in [-0.4, -0.2) is 41.4 Å². The van der Waals surface area contributed by atoms with Gasteiger partial charge in [-0.15, -0.1) is 0 Å². The quantitative estimate of drug-likeness (QED) is 0.302. The summed E-state index contributed by atoms with van der Waals surface area (Å²) in [6.07, 6.45) is 4.71. The van der Waals surface area contributed by atoms with Crippen molar-refractivity contribution in [3.8, 4) is 11.1 Å². The number of likely N-dealkylation sites (N-methyl/N-ethyl adjacent to an activating group) is 1. The fourth-order valence-electron chi connectivity index (χ4n) is 3.72. The first-order chi connectivity index (χ1) is 16.8. The molecular formula is C27H25ClFN5O. The average Bonchev–Trinajstić information content (AvgIpc) is 2.82. The number of fused-ring (bicyclic) bond motifs is 1. The highest BCUT2D eigenvalue weighted by atomic mass is 35.5. The molecule has 4 aromatic rings. The van der Waals surface area contributed by atoms with Crippen LogP contribution in [0.4, 0.5) is 21.6 Å². The van der Waals surface area contributed by atoms with Crippen molar-refractivity contribution in [2.24, 2.45) is 0 Å². The number of amides is 1. The summed E-state index contributed by atoms with van der Waals surface area (Å²) in [5.74, 6) is -0.437. The molecule has 1 amide bonds. The van der Waals surface area contributed by atoms with Crippen LogP contribution >= 0.6 is 11.6 Å². The topological polar surface area (TPSA) is 70.2 Å². The summed E-state index contributed by atoms with van der Waals surface area (Å²) in [6.45, 7) is 2.64. The largest absolute Gasteiger partial charge is 0.337 e. The van der Waals surface area contributed by atoms with Crippen LogP contribution in [0, 0.1) is 12.7 Å². The van der Waals surface area contributed by atoms with Crippen molar-refractivity contribution in [3.05, 3.63) is 89.5 Å². The van der Waals surface area contributed by atoms with E-state index in [4.69, 9.17) is 11.6 Å². The van der Waals surface area contributed by atoms with Gasteiger partial charge in [-0.1, -0.05) is 53.6 Å². The van der Waals surface area contributed by atoms with Crippen LogP contribution in [0.15, 0.2) is 73.1 Å². The number of carbonyl (C=O) groups excluding carboxylic acids is 1. The fraction of sp³-hybridized carbons (Fsp3) is 0.148. The number of benzene rings is 3. The summed E-state index contributed by atoms with van der Waals surface area (Å²) < 4.78 is 14.7. The molecule has 178 valence electrons. The van der Waals surface area contributed by atoms with Crippen molar-refractivity contribution < 1.29 is 9.18 Å². The fourth-order valence-corrected chi connectivity index (χ4v) is 3.90. The standard InChI is InChI=1S/C27H25ClFN5O/c1-17-7-4-8-18(15-17)24-21(32-23(35)11-6-14-34(2)3)13-12-20-25(24)27(31-16-30-20)33-22-10-5-9-19(28)26(22)29/h4-13,15-16H,14H2,1-3H3,(H,32,35)(H,30,31,33)/b11-6+. The Kier molecular flexibility index (Phi) is 7.39. The summed E-state index contributed by atoms with van der Waals surface area (Å²) in [5, 5.41) is 6.70. The maximum atomic E-state index is 14.7. The second-order valence-corrected chi connectivity index (χ2v) is 8.76. The van der Waals surface area contributed by atoms with Gasteiger partial charge < -0.3 is 15.5 Å². The highest BCUT2D eigenvalue weighted by Gasteiger charge is 2.18. The molecular weight excluding hydrogens is 465 g/mol. The van der Waals surface area contributed by atoms with E-state index >= 15 is 0 Å². The van der Waals surface area contributed by atoms with Crippen LogP contribution in [0.25, 0.3) is 22.0 Å². The number of hydrogen-bond acceptors (Lipinski definition) is 5. The van der Waals surface area contributed by atoms with Gasteiger partial charge in [-0.3, -0.25) is 4.79 Å². The molecule has 1 aromatic heterocycles. The van der Waals surface area contributed by atoms with Gasteiger partial charge in [-0.05, 0) is 50.8 Å². The van der Waals surface area contributed by atoms with Gasteiger partial charge in [0.2, 0.25) is 5.91 Å². The van der Waals surface area contributed by atoms with Crippen LogP contribution in [-0.2, 0) is 4.79 Å². The SMILES string of the molecule is Cc1cccc(-c2c(NC(=O)/C=C/CN(C)C)ccc3ncnc(Nc4cccc(Cl)c4F)c23)c1. The van der Waals surface area contributed by atoms with E-state index in [1.807, 2.05) is 56.3 Å². The van der Waals surface area contributed by atoms with E-state index in [0.717, 1.165) is 16.7 Å². The Morgan fingerprint density at radius 2 is 1.89 bits per heavy atom. The molecule has 0 radical (unpaired) electrons. The number of aryl methyl sites for hydroxylation is 1. The molecule has 0 saturated heterocycles. The molecule has 4 rings (SSSR count). The molecule has 6 nitrogen and oxygen atoms in total. The molecule has 0 aliphatic carbocycles. The second kappa shape index (κ2) is 10.6. The van der Waals surface area contributed by atoms with Gasteiger partial charge in [0.05, 0.1) is 21.6 Å². The molecule has 0 aliphatic rings. The van der Waals surface area contributed by atoms with Crippen LogP contribution in [0.3, 0.4) is 0 Å². The Balaban J connectivity index is 1.88. The van der Waals surface area contributed by atoms with Crippen molar-refractivity contribution in [2.75, 3.05) is 31.3 Å². The molecule has 0 unspecified atom stereocenters. The minimum atomic E-state index is -0.575. The monoisotopic (exact) mass is 489 g/mol. The van der Waals surface area contributed by atoms with Crippen LogP contribution in [0.1, 0.15) is 5.56 Å². The Hall–Kier alpha value is -3.81. The first kappa shape index (κ1) is 24.3. The summed E-state index contributed by atoms with van der Waals surface area (Å²) in [4.78, 5) is 23.5. The predicted octanol–water partition coefficient (Wildman–Crippen LogP) is 6.20. The number of nitrogens with one attached hydrogen (secondary N) is 2. The van der Waals surface area contributed by atoms with E-state index in [-0.39, 0.29) is 16.6 Å². The third-order valence-electron chi connectivity index (χ3n) is 5.31. The van der Waals surface area contributed by atoms with E-state index in [0.29, 0.717) is 29.0 Å². The molecule has 3 aromatic carbocycles. The molecule has 8 heteroatoms. The molecule has 0 fully saturated rings. The lowest BCUT2D eigenvalue weighted by Crippen LogP contribution is -2.13. The molecule has 0 bridgehead atoms. The first-order valence-corrected chi connectivity index (χ1v) is 11.4. The lowest BCUT2D eigenvalue weighted by molar-refractivity contribution is -0.111. The number of nitrogens with zero attached hydrogens (tertiary/aromatic N) is 3. The van der Waals surface area contributed by atoms with E-state index in [2.05, 4.69) is 20.6 Å². The molecule has 0 aliphatic heterocycles. The minimum absolute atomic E-state index is 0.00438. The summed E-state index contributed by atoms with van der Waals surface area (Å²) >= 11 is 5.98. The summed E-state index contributed by atoms with van der Waals surface area (Å²) in [7, 11) is 3.86. The van der Waals surface area contributed by atoms with Gasteiger partial charge in [0.1, 0.15) is 12.1 Å².